The molecule has 2 saturated carbocycles. The average molecular weight is 614 g/mol. The van der Waals surface area contributed by atoms with Crippen LogP contribution in [0.1, 0.15) is 47.3 Å². The van der Waals surface area contributed by atoms with Gasteiger partial charge in [-0.1, -0.05) is 0 Å². The van der Waals surface area contributed by atoms with Crippen molar-refractivity contribution in [2.75, 3.05) is 18.9 Å². The largest absolute Gasteiger partial charge is 0.488 e. The number of rotatable bonds is 8. The van der Waals surface area contributed by atoms with Gasteiger partial charge in [0, 0.05) is 16.7 Å². The lowest BCUT2D eigenvalue weighted by Gasteiger charge is -2.31. The number of anilines is 1. The number of halogens is 4. The van der Waals surface area contributed by atoms with Crippen molar-refractivity contribution >= 4 is 23.0 Å². The number of nitrogens with two attached hydrogens (primary N) is 2. The molecule has 0 radical (unpaired) electrons. The van der Waals surface area contributed by atoms with E-state index in [0.29, 0.717) is 24.1 Å². The fourth-order valence-corrected chi connectivity index (χ4v) is 5.46. The molecular formula is C30H27F4N5O5. The van der Waals surface area contributed by atoms with Crippen LogP contribution in [-0.2, 0) is 11.1 Å². The van der Waals surface area contributed by atoms with Crippen LogP contribution >= 0.6 is 0 Å². The first-order valence-corrected chi connectivity index (χ1v) is 14.0. The number of oxazole rings is 1. The first-order chi connectivity index (χ1) is 20.9. The molecule has 2 aliphatic carbocycles. The number of nitrogens with zero attached hydrogens (tertiary/aromatic N) is 2. The zero-order valence-electron chi connectivity index (χ0n) is 23.1. The third-order valence-electron chi connectivity index (χ3n) is 8.29. The van der Waals surface area contributed by atoms with E-state index in [1.165, 1.54) is 24.3 Å². The molecule has 7 rings (SSSR count). The van der Waals surface area contributed by atoms with Gasteiger partial charge < -0.3 is 35.8 Å². The lowest BCUT2D eigenvalue weighted by Crippen LogP contribution is -2.52. The van der Waals surface area contributed by atoms with Gasteiger partial charge in [0.1, 0.15) is 29.5 Å². The standard InChI is InChI=1S/C30H27F4N5O5/c31-17-5-1-14(2-6-17)23-25-19(29(36,13-42-25)30(32,33)34)11-22(38-23)28(41,16-3-4-16)12-37-26(40)15-9-20(43-18-7-8-18)24-21(10-15)44-27(35)39-24/h1-2,5-6,9-11,16,18,41H,3-4,7-8,12-13,36H2,(H2,35,39)(H,37,40)/t28?,29-/m0/s1. The van der Waals surface area contributed by atoms with Crippen LogP contribution in [0.15, 0.2) is 46.9 Å². The molecule has 0 spiro atoms. The van der Waals surface area contributed by atoms with Gasteiger partial charge in [-0.2, -0.15) is 18.2 Å². The fraction of sp³-hybridized carbons (Fsp3) is 0.367. The summed E-state index contributed by atoms with van der Waals surface area (Å²) < 4.78 is 73.2. The van der Waals surface area contributed by atoms with Crippen molar-refractivity contribution in [1.82, 2.24) is 15.3 Å². The van der Waals surface area contributed by atoms with Crippen LogP contribution in [0.2, 0.25) is 0 Å². The molecule has 10 nitrogen and oxygen atoms in total. The smallest absolute Gasteiger partial charge is 0.414 e. The van der Waals surface area contributed by atoms with E-state index in [1.54, 1.807) is 0 Å². The van der Waals surface area contributed by atoms with Crippen LogP contribution in [0.5, 0.6) is 11.5 Å². The van der Waals surface area contributed by atoms with Crippen LogP contribution in [-0.4, -0.2) is 46.4 Å². The van der Waals surface area contributed by atoms with Crippen molar-refractivity contribution in [1.29, 1.82) is 0 Å². The van der Waals surface area contributed by atoms with Gasteiger partial charge >= 0.3 is 6.18 Å². The van der Waals surface area contributed by atoms with Crippen LogP contribution in [0.25, 0.3) is 22.4 Å². The molecule has 2 aromatic heterocycles. The van der Waals surface area contributed by atoms with Crippen molar-refractivity contribution in [3.63, 3.8) is 0 Å². The lowest BCUT2D eigenvalue weighted by molar-refractivity contribution is -0.191. The second kappa shape index (κ2) is 9.79. The summed E-state index contributed by atoms with van der Waals surface area (Å²) in [4.78, 5) is 22.1. The van der Waals surface area contributed by atoms with E-state index in [2.05, 4.69) is 15.3 Å². The van der Waals surface area contributed by atoms with Gasteiger partial charge in [0.2, 0.25) is 0 Å². The van der Waals surface area contributed by atoms with Gasteiger partial charge in [-0.3, -0.25) is 4.79 Å². The highest BCUT2D eigenvalue weighted by molar-refractivity contribution is 5.99. The minimum Gasteiger partial charge on any atom is -0.488 e. The molecule has 2 atom stereocenters. The summed E-state index contributed by atoms with van der Waals surface area (Å²) in [7, 11) is 0. The minimum atomic E-state index is -4.90. The molecule has 4 aromatic rings. The maximum Gasteiger partial charge on any atom is 0.414 e. The minimum absolute atomic E-state index is 0.00840. The first-order valence-electron chi connectivity index (χ1n) is 14.0. The number of ether oxygens (including phenoxy) is 2. The van der Waals surface area contributed by atoms with Gasteiger partial charge in [-0.05, 0) is 74.1 Å². The molecule has 3 heterocycles. The fourth-order valence-electron chi connectivity index (χ4n) is 5.46. The normalized spacial score (nSPS) is 21.0. The maximum atomic E-state index is 14.3. The highest BCUT2D eigenvalue weighted by atomic mass is 19.4. The highest BCUT2D eigenvalue weighted by Crippen LogP contribution is 2.52. The molecule has 6 N–H and O–H groups in total. The number of amides is 1. The van der Waals surface area contributed by atoms with Crippen molar-refractivity contribution in [2.24, 2.45) is 11.7 Å². The molecule has 2 fully saturated rings. The predicted molar refractivity (Wildman–Crippen MR) is 148 cm³/mol. The van der Waals surface area contributed by atoms with Gasteiger partial charge in [-0.15, -0.1) is 0 Å². The second-order valence-corrected chi connectivity index (χ2v) is 11.6. The number of benzene rings is 2. The van der Waals surface area contributed by atoms with Crippen LogP contribution < -0.4 is 26.3 Å². The van der Waals surface area contributed by atoms with E-state index in [1.807, 2.05) is 0 Å². The zero-order chi connectivity index (χ0) is 31.0. The van der Waals surface area contributed by atoms with Gasteiger partial charge in [-0.25, -0.2) is 9.37 Å². The number of nitrogen functional groups attached to an aromatic ring is 1. The number of pyridine rings is 1. The Kier molecular flexibility index (Phi) is 6.31. The van der Waals surface area contributed by atoms with E-state index in [9.17, 15) is 27.5 Å². The Morgan fingerprint density at radius 3 is 2.50 bits per heavy atom. The van der Waals surface area contributed by atoms with Crippen molar-refractivity contribution in [2.45, 2.75) is 49.1 Å². The number of alkyl halides is 3. The maximum absolute atomic E-state index is 14.3. The Morgan fingerprint density at radius 1 is 1.11 bits per heavy atom. The lowest BCUT2D eigenvalue weighted by atomic mass is 9.86. The summed E-state index contributed by atoms with van der Waals surface area (Å²) in [6.07, 6.45) is -2.10. The Morgan fingerprint density at radius 2 is 1.84 bits per heavy atom. The Balaban J connectivity index is 1.26. The highest BCUT2D eigenvalue weighted by Gasteiger charge is 2.59. The number of aliphatic hydroxyl groups is 1. The molecule has 0 saturated heterocycles. The quantitative estimate of drug-likeness (QED) is 0.213. The van der Waals surface area contributed by atoms with Crippen LogP contribution in [0, 0.1) is 11.7 Å². The summed E-state index contributed by atoms with van der Waals surface area (Å²) in [5.41, 5.74) is 7.31. The number of aromatic nitrogens is 2. The third-order valence-corrected chi connectivity index (χ3v) is 8.29. The zero-order valence-corrected chi connectivity index (χ0v) is 23.1. The molecule has 14 heteroatoms. The second-order valence-electron chi connectivity index (χ2n) is 11.6. The monoisotopic (exact) mass is 613 g/mol. The molecule has 1 unspecified atom stereocenters. The Labute approximate surface area is 247 Å². The molecule has 3 aliphatic rings. The van der Waals surface area contributed by atoms with E-state index in [0.717, 1.165) is 31.0 Å². The van der Waals surface area contributed by atoms with Crippen molar-refractivity contribution in [3.05, 3.63) is 65.1 Å². The number of nitrogens with one attached hydrogen (secondary N) is 1. The molecule has 230 valence electrons. The molecule has 44 heavy (non-hydrogen) atoms. The number of hydrogen-bond donors (Lipinski definition) is 4. The molecule has 1 amide bonds. The molecular weight excluding hydrogens is 586 g/mol. The Bertz CT molecular complexity index is 1790. The number of fused-ring (bicyclic) bond motifs is 2. The van der Waals surface area contributed by atoms with Gasteiger partial charge in [0.05, 0.1) is 18.3 Å². The third kappa shape index (κ3) is 4.78. The van der Waals surface area contributed by atoms with Gasteiger partial charge in [0.25, 0.3) is 11.9 Å². The molecule has 1 aliphatic heterocycles. The van der Waals surface area contributed by atoms with E-state index < -0.39 is 47.1 Å². The average Bonchev–Trinajstić information content (AvgIpc) is 3.91. The van der Waals surface area contributed by atoms with E-state index in [4.69, 9.17) is 25.4 Å². The summed E-state index contributed by atoms with van der Waals surface area (Å²) >= 11 is 0. The first kappa shape index (κ1) is 28.3. The van der Waals surface area contributed by atoms with Crippen LogP contribution in [0.4, 0.5) is 23.6 Å². The topological polar surface area (TPSA) is 159 Å². The summed E-state index contributed by atoms with van der Waals surface area (Å²) in [5, 5.41) is 14.7. The van der Waals surface area contributed by atoms with Gasteiger partial charge in [0.15, 0.2) is 22.4 Å². The van der Waals surface area contributed by atoms with Crippen molar-refractivity contribution < 1.29 is 41.4 Å². The number of hydrogen-bond acceptors (Lipinski definition) is 9. The molecule has 2 aromatic carbocycles. The summed E-state index contributed by atoms with van der Waals surface area (Å²) in [6.45, 7) is -1.28. The van der Waals surface area contributed by atoms with E-state index >= 15 is 0 Å². The molecule has 0 bridgehead atoms. The predicted octanol–water partition coefficient (Wildman–Crippen LogP) is 4.29. The van der Waals surface area contributed by atoms with Crippen molar-refractivity contribution in [3.8, 4) is 22.8 Å². The summed E-state index contributed by atoms with van der Waals surface area (Å²) in [5.74, 6) is -1.46. The van der Waals surface area contributed by atoms with E-state index in [-0.39, 0.29) is 52.5 Å². The SMILES string of the molecule is Nc1nc2c(OC3CC3)cc(C(=O)NCC(O)(c3cc4c(c(-c5ccc(F)cc5)n3)OC[C@@]4(N)C(F)(F)F)C3CC3)cc2o1. The number of carbonyl (C=O) groups excluding carboxylic acids is 1. The summed E-state index contributed by atoms with van der Waals surface area (Å²) in [6, 6.07) is 8.90. The Hall–Kier alpha value is -4.43. The number of carbonyl (C=O) groups is 1. The van der Waals surface area contributed by atoms with Crippen LogP contribution in [0.3, 0.4) is 0 Å².